The molecule has 0 saturated carbocycles. The molecule has 0 spiro atoms. The molecule has 19 heavy (non-hydrogen) atoms. The number of nitrogen functional groups attached to an aromatic ring is 1. The summed E-state index contributed by atoms with van der Waals surface area (Å²) in [6.45, 7) is 1.58. The lowest BCUT2D eigenvalue weighted by Gasteiger charge is -2.12. The van der Waals surface area contributed by atoms with Gasteiger partial charge < -0.3 is 10.2 Å². The van der Waals surface area contributed by atoms with Gasteiger partial charge in [-0.3, -0.25) is 4.90 Å². The van der Waals surface area contributed by atoms with Crippen LogP contribution in [0.4, 0.5) is 5.69 Å². The third kappa shape index (κ3) is 2.77. The second kappa shape index (κ2) is 5.03. The van der Waals surface area contributed by atoms with E-state index in [4.69, 9.17) is 10.2 Å². The normalized spacial score (nSPS) is 11.5. The number of benzene rings is 1. The molecule has 1 aromatic carbocycles. The fourth-order valence-corrected chi connectivity index (χ4v) is 2.70. The first kappa shape index (κ1) is 12.2. The van der Waals surface area contributed by atoms with E-state index in [9.17, 15) is 0 Å². The monoisotopic (exact) mass is 273 g/mol. The summed E-state index contributed by atoms with van der Waals surface area (Å²) in [5.41, 5.74) is 9.34. The summed E-state index contributed by atoms with van der Waals surface area (Å²) in [6.07, 6.45) is 0. The second-order valence-corrected chi connectivity index (χ2v) is 5.42. The fourth-order valence-electron chi connectivity index (χ4n) is 2.04. The molecule has 2 N–H and O–H groups in total. The third-order valence-corrected chi connectivity index (χ3v) is 3.63. The molecule has 0 fully saturated rings. The van der Waals surface area contributed by atoms with Crippen LogP contribution in [0.1, 0.15) is 11.5 Å². The van der Waals surface area contributed by atoms with Crippen molar-refractivity contribution >= 4 is 28.1 Å². The first-order valence-electron chi connectivity index (χ1n) is 6.05. The quantitative estimate of drug-likeness (QED) is 0.742. The molecule has 0 atom stereocenters. The van der Waals surface area contributed by atoms with Gasteiger partial charge in [-0.05, 0) is 41.6 Å². The van der Waals surface area contributed by atoms with Crippen LogP contribution in [0, 0.1) is 0 Å². The molecule has 4 nitrogen and oxygen atoms in total. The molecule has 2 aromatic heterocycles. The number of hydrogen-bond acceptors (Lipinski definition) is 5. The number of hydrogen-bond donors (Lipinski definition) is 1. The molecule has 2 heterocycles. The van der Waals surface area contributed by atoms with E-state index in [2.05, 4.69) is 33.8 Å². The van der Waals surface area contributed by atoms with E-state index < -0.39 is 0 Å². The fraction of sp³-hybridized carbons (Fsp3) is 0.214. The van der Waals surface area contributed by atoms with Crippen LogP contribution < -0.4 is 5.73 Å². The summed E-state index contributed by atoms with van der Waals surface area (Å²) in [5, 5.41) is 4.24. The minimum atomic E-state index is 0.685. The van der Waals surface area contributed by atoms with Crippen LogP contribution in [-0.2, 0) is 13.1 Å². The van der Waals surface area contributed by atoms with Gasteiger partial charge in [0.25, 0.3) is 0 Å². The average Bonchev–Trinajstić information content (AvgIpc) is 2.97. The lowest BCUT2D eigenvalue weighted by molar-refractivity contribution is 0.285. The molecule has 0 bridgehead atoms. The predicted octanol–water partition coefficient (Wildman–Crippen LogP) is 3.10. The molecule has 5 heteroatoms. The Labute approximate surface area is 115 Å². The van der Waals surface area contributed by atoms with Gasteiger partial charge in [0.15, 0.2) is 5.58 Å². The summed E-state index contributed by atoms with van der Waals surface area (Å²) in [6, 6.07) is 7.67. The van der Waals surface area contributed by atoms with Crippen LogP contribution in [0.3, 0.4) is 0 Å². The van der Waals surface area contributed by atoms with Crippen LogP contribution in [0.15, 0.2) is 39.4 Å². The van der Waals surface area contributed by atoms with Gasteiger partial charge in [0.05, 0.1) is 6.54 Å². The molecule has 0 aliphatic rings. The standard InChI is InChI=1S/C14H15N3OS/c1-17(7-10-4-5-19-9-10)8-14-16-12-3-2-11(15)6-13(12)18-14/h2-6,9H,7-8,15H2,1H3. The van der Waals surface area contributed by atoms with E-state index >= 15 is 0 Å². The minimum Gasteiger partial charge on any atom is -0.439 e. The highest BCUT2D eigenvalue weighted by Crippen LogP contribution is 2.19. The maximum Gasteiger partial charge on any atom is 0.209 e. The Morgan fingerprint density at radius 1 is 1.32 bits per heavy atom. The van der Waals surface area contributed by atoms with E-state index in [1.165, 1.54) is 5.56 Å². The van der Waals surface area contributed by atoms with Gasteiger partial charge in [-0.15, -0.1) is 0 Å². The zero-order valence-electron chi connectivity index (χ0n) is 10.7. The van der Waals surface area contributed by atoms with Crippen LogP contribution in [0.2, 0.25) is 0 Å². The van der Waals surface area contributed by atoms with E-state index in [1.54, 1.807) is 11.3 Å². The molecule has 0 radical (unpaired) electrons. The van der Waals surface area contributed by atoms with Gasteiger partial charge in [0.2, 0.25) is 5.89 Å². The Bertz CT molecular complexity index is 675. The Balaban J connectivity index is 1.74. The number of fused-ring (bicyclic) bond motifs is 1. The Morgan fingerprint density at radius 2 is 2.21 bits per heavy atom. The average molecular weight is 273 g/mol. The van der Waals surface area contributed by atoms with Gasteiger partial charge in [-0.1, -0.05) is 0 Å². The van der Waals surface area contributed by atoms with Crippen molar-refractivity contribution in [3.05, 3.63) is 46.5 Å². The molecule has 98 valence electrons. The van der Waals surface area contributed by atoms with Crippen molar-refractivity contribution in [2.24, 2.45) is 0 Å². The molecule has 3 aromatic rings. The Hall–Kier alpha value is -1.85. The summed E-state index contributed by atoms with van der Waals surface area (Å²) < 4.78 is 5.71. The number of oxazole rings is 1. The molecule has 3 rings (SSSR count). The van der Waals surface area contributed by atoms with Crippen LogP contribution >= 0.6 is 11.3 Å². The Kier molecular flexibility index (Phi) is 3.23. The van der Waals surface area contributed by atoms with Crippen molar-refractivity contribution in [3.8, 4) is 0 Å². The van der Waals surface area contributed by atoms with Crippen molar-refractivity contribution < 1.29 is 4.42 Å². The molecule has 0 amide bonds. The number of thiophene rings is 1. The first-order valence-corrected chi connectivity index (χ1v) is 6.99. The maximum absolute atomic E-state index is 5.73. The van der Waals surface area contributed by atoms with E-state index in [1.807, 2.05) is 18.2 Å². The number of nitrogens with two attached hydrogens (primary N) is 1. The highest BCUT2D eigenvalue weighted by molar-refractivity contribution is 7.07. The third-order valence-electron chi connectivity index (χ3n) is 2.89. The number of anilines is 1. The SMILES string of the molecule is CN(Cc1ccsc1)Cc1nc2ccc(N)cc2o1. The summed E-state index contributed by atoms with van der Waals surface area (Å²) >= 11 is 1.71. The lowest BCUT2D eigenvalue weighted by Crippen LogP contribution is -2.16. The van der Waals surface area contributed by atoms with Gasteiger partial charge in [0.1, 0.15) is 5.52 Å². The highest BCUT2D eigenvalue weighted by Gasteiger charge is 2.09. The second-order valence-electron chi connectivity index (χ2n) is 4.64. The largest absolute Gasteiger partial charge is 0.439 e. The molecule has 0 saturated heterocycles. The molecule has 0 unspecified atom stereocenters. The van der Waals surface area contributed by atoms with Crippen LogP contribution in [0.25, 0.3) is 11.1 Å². The van der Waals surface area contributed by atoms with Crippen molar-refractivity contribution in [2.75, 3.05) is 12.8 Å². The van der Waals surface area contributed by atoms with Crippen molar-refractivity contribution in [2.45, 2.75) is 13.1 Å². The van der Waals surface area contributed by atoms with Gasteiger partial charge in [0, 0.05) is 18.3 Å². The van der Waals surface area contributed by atoms with Gasteiger partial charge >= 0.3 is 0 Å². The van der Waals surface area contributed by atoms with Gasteiger partial charge in [-0.25, -0.2) is 4.98 Å². The van der Waals surface area contributed by atoms with Crippen molar-refractivity contribution in [1.29, 1.82) is 0 Å². The van der Waals surface area contributed by atoms with Crippen molar-refractivity contribution in [3.63, 3.8) is 0 Å². The number of rotatable bonds is 4. The van der Waals surface area contributed by atoms with Crippen LogP contribution in [0.5, 0.6) is 0 Å². The Morgan fingerprint density at radius 3 is 3.00 bits per heavy atom. The smallest absolute Gasteiger partial charge is 0.209 e. The minimum absolute atomic E-state index is 0.685. The van der Waals surface area contributed by atoms with E-state index in [-0.39, 0.29) is 0 Å². The molecular weight excluding hydrogens is 258 g/mol. The molecule has 0 aliphatic heterocycles. The van der Waals surface area contributed by atoms with Gasteiger partial charge in [-0.2, -0.15) is 11.3 Å². The maximum atomic E-state index is 5.73. The highest BCUT2D eigenvalue weighted by atomic mass is 32.1. The predicted molar refractivity (Wildman–Crippen MR) is 77.9 cm³/mol. The number of nitrogens with zero attached hydrogens (tertiary/aromatic N) is 2. The summed E-state index contributed by atoms with van der Waals surface area (Å²) in [7, 11) is 2.06. The topological polar surface area (TPSA) is 55.3 Å². The van der Waals surface area contributed by atoms with E-state index in [0.717, 1.165) is 23.5 Å². The summed E-state index contributed by atoms with van der Waals surface area (Å²) in [4.78, 5) is 6.64. The van der Waals surface area contributed by atoms with Crippen LogP contribution in [-0.4, -0.2) is 16.9 Å². The summed E-state index contributed by atoms with van der Waals surface area (Å²) in [5.74, 6) is 0.721. The molecular formula is C14H15N3OS. The zero-order chi connectivity index (χ0) is 13.2. The number of aromatic nitrogens is 1. The first-order chi connectivity index (χ1) is 9.20. The zero-order valence-corrected chi connectivity index (χ0v) is 11.5. The molecule has 0 aliphatic carbocycles. The van der Waals surface area contributed by atoms with Crippen molar-refractivity contribution in [1.82, 2.24) is 9.88 Å². The lowest BCUT2D eigenvalue weighted by atomic mass is 10.3. The van der Waals surface area contributed by atoms with E-state index in [0.29, 0.717) is 12.2 Å².